The number of allylic oxidation sites excluding steroid dienone is 2. The monoisotopic (exact) mass is 328 g/mol. The highest BCUT2D eigenvalue weighted by molar-refractivity contribution is 8.21. The molecule has 1 heterocycles. The number of benzene rings is 1. The van der Waals surface area contributed by atoms with Crippen LogP contribution in [0.2, 0.25) is 0 Å². The Labute approximate surface area is 142 Å². The van der Waals surface area contributed by atoms with Gasteiger partial charge < -0.3 is 0 Å². The van der Waals surface area contributed by atoms with E-state index in [1.165, 1.54) is 56.5 Å². The largest absolute Gasteiger partial charge is 0.143 e. The van der Waals surface area contributed by atoms with E-state index in [0.29, 0.717) is 4.08 Å². The van der Waals surface area contributed by atoms with Crippen LogP contribution in [0.1, 0.15) is 49.7 Å². The molecule has 0 nitrogen and oxygen atoms in total. The molecule has 0 amide bonds. The second kappa shape index (κ2) is 5.34. The van der Waals surface area contributed by atoms with Gasteiger partial charge in [-0.3, -0.25) is 0 Å². The Morgan fingerprint density at radius 2 is 1.77 bits per heavy atom. The minimum Gasteiger partial charge on any atom is -0.143 e. The second-order valence-corrected chi connectivity index (χ2v) is 10.5. The molecule has 2 unspecified atom stereocenters. The molecule has 0 aromatic heterocycles. The quantitative estimate of drug-likeness (QED) is 0.592. The molecule has 1 aliphatic heterocycles. The Hall–Kier alpha value is -0.340. The van der Waals surface area contributed by atoms with Gasteiger partial charge in [-0.1, -0.05) is 42.7 Å². The molecule has 1 spiro atoms. The third-order valence-electron chi connectivity index (χ3n) is 6.37. The topological polar surface area (TPSA) is 0 Å². The molecule has 1 saturated heterocycles. The highest BCUT2D eigenvalue weighted by Crippen LogP contribution is 2.64. The first kappa shape index (κ1) is 14.0. The Balaban J connectivity index is 1.66. The fourth-order valence-corrected chi connectivity index (χ4v) is 9.16. The lowest BCUT2D eigenvalue weighted by molar-refractivity contribution is 0.239. The van der Waals surface area contributed by atoms with Gasteiger partial charge in [0.05, 0.1) is 4.08 Å². The van der Waals surface area contributed by atoms with Crippen molar-refractivity contribution in [2.45, 2.75) is 49.0 Å². The molecule has 4 aliphatic rings. The maximum atomic E-state index is 2.41. The van der Waals surface area contributed by atoms with Crippen molar-refractivity contribution < 1.29 is 0 Å². The van der Waals surface area contributed by atoms with E-state index in [4.69, 9.17) is 0 Å². The third-order valence-corrected chi connectivity index (χ3v) is 10.0. The van der Waals surface area contributed by atoms with Crippen molar-refractivity contribution in [2.75, 3.05) is 11.5 Å². The normalized spacial score (nSPS) is 32.5. The van der Waals surface area contributed by atoms with Crippen molar-refractivity contribution in [3.63, 3.8) is 0 Å². The molecule has 116 valence electrons. The highest BCUT2D eigenvalue weighted by atomic mass is 32.2. The second-order valence-electron chi connectivity index (χ2n) is 7.34. The van der Waals surface area contributed by atoms with Crippen molar-refractivity contribution in [3.8, 4) is 0 Å². The molecule has 0 radical (unpaired) electrons. The first-order valence-corrected chi connectivity index (χ1v) is 10.9. The molecule has 2 atom stereocenters. The average molecular weight is 329 g/mol. The molecule has 22 heavy (non-hydrogen) atoms. The van der Waals surface area contributed by atoms with Crippen LogP contribution in [0.25, 0.3) is 5.57 Å². The Kier molecular flexibility index (Phi) is 3.41. The van der Waals surface area contributed by atoms with Gasteiger partial charge in [-0.15, -0.1) is 23.5 Å². The van der Waals surface area contributed by atoms with Gasteiger partial charge in [0.25, 0.3) is 0 Å². The van der Waals surface area contributed by atoms with Gasteiger partial charge in [0, 0.05) is 11.5 Å². The molecular weight excluding hydrogens is 304 g/mol. The Morgan fingerprint density at radius 3 is 2.68 bits per heavy atom. The minimum absolute atomic E-state index is 0.522. The van der Waals surface area contributed by atoms with Crippen LogP contribution >= 0.6 is 23.5 Å². The zero-order valence-electron chi connectivity index (χ0n) is 13.1. The lowest BCUT2D eigenvalue weighted by Gasteiger charge is -2.50. The van der Waals surface area contributed by atoms with Crippen LogP contribution in [-0.4, -0.2) is 15.6 Å². The fraction of sp³-hybridized carbons (Fsp3) is 0.600. The summed E-state index contributed by atoms with van der Waals surface area (Å²) in [5, 5.41) is 0. The summed E-state index contributed by atoms with van der Waals surface area (Å²) in [7, 11) is 0. The zero-order valence-corrected chi connectivity index (χ0v) is 14.8. The molecule has 1 aromatic rings. The summed E-state index contributed by atoms with van der Waals surface area (Å²) in [5.41, 5.74) is 6.87. The number of aryl methyl sites for hydroxylation is 1. The first-order valence-electron chi connectivity index (χ1n) is 8.95. The highest BCUT2D eigenvalue weighted by Gasteiger charge is 2.52. The van der Waals surface area contributed by atoms with Crippen molar-refractivity contribution in [3.05, 3.63) is 41.0 Å². The van der Waals surface area contributed by atoms with E-state index in [-0.39, 0.29) is 0 Å². The minimum atomic E-state index is 0.522. The van der Waals surface area contributed by atoms with Crippen LogP contribution in [0.5, 0.6) is 0 Å². The standard InChI is InChI=1S/C20H24S2/c1-2-6-15-14(5-1)9-10-16-17-7-3-4-8-19(17)20(13-18(15)16)21-11-12-22-20/h1-2,5-6,17,19H,3-4,7-13H2. The van der Waals surface area contributed by atoms with Crippen LogP contribution in [0, 0.1) is 11.8 Å². The van der Waals surface area contributed by atoms with Crippen LogP contribution in [0.3, 0.4) is 0 Å². The van der Waals surface area contributed by atoms with Crippen LogP contribution in [0.4, 0.5) is 0 Å². The van der Waals surface area contributed by atoms with Gasteiger partial charge in [-0.2, -0.15) is 0 Å². The Bertz CT molecular complexity index is 624. The summed E-state index contributed by atoms with van der Waals surface area (Å²) in [5.74, 6) is 4.61. The first-order chi connectivity index (χ1) is 10.9. The van der Waals surface area contributed by atoms with Crippen LogP contribution in [-0.2, 0) is 6.42 Å². The fourth-order valence-electron chi connectivity index (χ4n) is 5.48. The summed E-state index contributed by atoms with van der Waals surface area (Å²) in [6.07, 6.45) is 9.87. The number of hydrogen-bond donors (Lipinski definition) is 0. The lowest BCUT2D eigenvalue weighted by atomic mass is 9.63. The maximum Gasteiger partial charge on any atom is 0.0685 e. The lowest BCUT2D eigenvalue weighted by Crippen LogP contribution is -2.42. The summed E-state index contributed by atoms with van der Waals surface area (Å²) in [6.45, 7) is 0. The summed E-state index contributed by atoms with van der Waals surface area (Å²) in [6, 6.07) is 9.26. The number of hydrogen-bond acceptors (Lipinski definition) is 2. The van der Waals surface area contributed by atoms with Crippen LogP contribution in [0.15, 0.2) is 29.8 Å². The molecule has 0 N–H and O–H groups in total. The predicted molar refractivity (Wildman–Crippen MR) is 99.4 cm³/mol. The SMILES string of the molecule is c1ccc2c(c1)CCC1=C2CC2(SCCS2)C2CCCCC12. The summed E-state index contributed by atoms with van der Waals surface area (Å²) >= 11 is 4.62. The van der Waals surface area contributed by atoms with Crippen molar-refractivity contribution >= 4 is 29.1 Å². The van der Waals surface area contributed by atoms with Gasteiger partial charge in [0.15, 0.2) is 0 Å². The van der Waals surface area contributed by atoms with Gasteiger partial charge >= 0.3 is 0 Å². The Morgan fingerprint density at radius 1 is 0.955 bits per heavy atom. The molecule has 5 rings (SSSR count). The van der Waals surface area contributed by atoms with E-state index >= 15 is 0 Å². The molecule has 2 heteroatoms. The van der Waals surface area contributed by atoms with Crippen molar-refractivity contribution in [2.24, 2.45) is 11.8 Å². The third kappa shape index (κ3) is 1.99. The summed E-state index contributed by atoms with van der Waals surface area (Å²) in [4.78, 5) is 0. The van der Waals surface area contributed by atoms with E-state index in [0.717, 1.165) is 11.8 Å². The molecule has 0 bridgehead atoms. The van der Waals surface area contributed by atoms with Gasteiger partial charge in [0.1, 0.15) is 0 Å². The zero-order chi connectivity index (χ0) is 14.6. The van der Waals surface area contributed by atoms with E-state index in [9.17, 15) is 0 Å². The van der Waals surface area contributed by atoms with Crippen molar-refractivity contribution in [1.29, 1.82) is 0 Å². The molecule has 2 fully saturated rings. The van der Waals surface area contributed by atoms with Crippen LogP contribution < -0.4 is 0 Å². The van der Waals surface area contributed by atoms with Gasteiger partial charge in [-0.25, -0.2) is 0 Å². The maximum absolute atomic E-state index is 2.41. The van der Waals surface area contributed by atoms with Gasteiger partial charge in [-0.05, 0) is 60.6 Å². The molecular formula is C20H24S2. The summed E-state index contributed by atoms with van der Waals surface area (Å²) < 4.78 is 0.522. The molecule has 3 aliphatic carbocycles. The van der Waals surface area contributed by atoms with Gasteiger partial charge in [0.2, 0.25) is 0 Å². The average Bonchev–Trinajstić information content (AvgIpc) is 3.04. The van der Waals surface area contributed by atoms with E-state index in [2.05, 4.69) is 47.8 Å². The number of rotatable bonds is 0. The smallest absolute Gasteiger partial charge is 0.0685 e. The number of thioether (sulfide) groups is 2. The van der Waals surface area contributed by atoms with E-state index in [1.807, 2.05) is 5.57 Å². The van der Waals surface area contributed by atoms with E-state index in [1.54, 1.807) is 16.7 Å². The molecule has 1 saturated carbocycles. The molecule has 1 aromatic carbocycles. The van der Waals surface area contributed by atoms with E-state index < -0.39 is 0 Å². The predicted octanol–water partition coefficient (Wildman–Crippen LogP) is 5.77. The van der Waals surface area contributed by atoms with Crippen molar-refractivity contribution in [1.82, 2.24) is 0 Å². The number of fused-ring (bicyclic) bond motifs is 5.